The van der Waals surface area contributed by atoms with Gasteiger partial charge in [0.15, 0.2) is 6.04 Å². The summed E-state index contributed by atoms with van der Waals surface area (Å²) < 4.78 is 4.86. The molecular formula is C12H16N2O2. The molecular weight excluding hydrogens is 204 g/mol. The highest BCUT2D eigenvalue weighted by Gasteiger charge is 2.31. The van der Waals surface area contributed by atoms with Gasteiger partial charge in [0.1, 0.15) is 0 Å². The van der Waals surface area contributed by atoms with Crippen molar-refractivity contribution < 1.29 is 9.53 Å². The SMILES string of the molecule is COC(=O)C(c1ccccn1)N1CCCC1. The van der Waals surface area contributed by atoms with E-state index in [9.17, 15) is 4.79 Å². The zero-order valence-corrected chi connectivity index (χ0v) is 9.43. The summed E-state index contributed by atoms with van der Waals surface area (Å²) in [7, 11) is 1.42. The Morgan fingerprint density at radius 3 is 2.75 bits per heavy atom. The minimum Gasteiger partial charge on any atom is -0.468 e. The third kappa shape index (κ3) is 2.22. The Kier molecular flexibility index (Phi) is 3.51. The minimum absolute atomic E-state index is 0.222. The lowest BCUT2D eigenvalue weighted by Gasteiger charge is -2.24. The summed E-state index contributed by atoms with van der Waals surface area (Å²) in [4.78, 5) is 18.2. The molecule has 1 atom stereocenters. The fourth-order valence-electron chi connectivity index (χ4n) is 2.11. The molecule has 0 amide bonds. The molecule has 0 aromatic carbocycles. The van der Waals surface area contributed by atoms with Gasteiger partial charge in [-0.05, 0) is 38.1 Å². The largest absolute Gasteiger partial charge is 0.468 e. The Bertz CT molecular complexity index is 347. The highest BCUT2D eigenvalue weighted by atomic mass is 16.5. The van der Waals surface area contributed by atoms with Crippen LogP contribution in [0.1, 0.15) is 24.6 Å². The third-order valence-corrected chi connectivity index (χ3v) is 2.90. The highest BCUT2D eigenvalue weighted by molar-refractivity contribution is 5.77. The average Bonchev–Trinajstić information content (AvgIpc) is 2.84. The lowest BCUT2D eigenvalue weighted by Crippen LogP contribution is -2.33. The zero-order valence-electron chi connectivity index (χ0n) is 9.43. The Labute approximate surface area is 95.2 Å². The van der Waals surface area contributed by atoms with E-state index in [0.29, 0.717) is 0 Å². The van der Waals surface area contributed by atoms with Crippen LogP contribution in [0.3, 0.4) is 0 Å². The Morgan fingerprint density at radius 2 is 2.19 bits per heavy atom. The lowest BCUT2D eigenvalue weighted by molar-refractivity contribution is -0.147. The van der Waals surface area contributed by atoms with E-state index in [1.165, 1.54) is 7.11 Å². The van der Waals surface area contributed by atoms with Crippen LogP contribution in [0.2, 0.25) is 0 Å². The average molecular weight is 220 g/mol. The van der Waals surface area contributed by atoms with Crippen molar-refractivity contribution in [2.75, 3.05) is 20.2 Å². The summed E-state index contributed by atoms with van der Waals surface area (Å²) in [5, 5.41) is 0. The first-order valence-corrected chi connectivity index (χ1v) is 5.55. The van der Waals surface area contributed by atoms with Crippen molar-refractivity contribution in [3.05, 3.63) is 30.1 Å². The molecule has 0 spiro atoms. The number of rotatable bonds is 3. The lowest BCUT2D eigenvalue weighted by atomic mass is 10.1. The predicted octanol–water partition coefficient (Wildman–Crippen LogP) is 1.39. The number of esters is 1. The number of aromatic nitrogens is 1. The number of carbonyl (C=O) groups is 1. The summed E-state index contributed by atoms with van der Waals surface area (Å²) in [6, 6.07) is 5.28. The molecule has 1 saturated heterocycles. The minimum atomic E-state index is -0.339. The van der Waals surface area contributed by atoms with Gasteiger partial charge in [-0.15, -0.1) is 0 Å². The summed E-state index contributed by atoms with van der Waals surface area (Å²) >= 11 is 0. The summed E-state index contributed by atoms with van der Waals surface area (Å²) in [5.41, 5.74) is 0.774. The number of methoxy groups -OCH3 is 1. The fourth-order valence-corrected chi connectivity index (χ4v) is 2.11. The molecule has 2 heterocycles. The van der Waals surface area contributed by atoms with Crippen molar-refractivity contribution in [3.8, 4) is 0 Å². The van der Waals surface area contributed by atoms with Gasteiger partial charge >= 0.3 is 5.97 Å². The molecule has 86 valence electrons. The van der Waals surface area contributed by atoms with Gasteiger partial charge in [0.25, 0.3) is 0 Å². The van der Waals surface area contributed by atoms with Gasteiger partial charge in [-0.1, -0.05) is 6.07 Å². The first-order chi connectivity index (χ1) is 7.83. The van der Waals surface area contributed by atoms with Crippen molar-refractivity contribution >= 4 is 5.97 Å². The van der Waals surface area contributed by atoms with E-state index in [2.05, 4.69) is 9.88 Å². The second kappa shape index (κ2) is 5.07. The van der Waals surface area contributed by atoms with Gasteiger partial charge < -0.3 is 4.74 Å². The van der Waals surface area contributed by atoms with E-state index < -0.39 is 0 Å². The van der Waals surface area contributed by atoms with Gasteiger partial charge in [0.2, 0.25) is 0 Å². The van der Waals surface area contributed by atoms with E-state index in [0.717, 1.165) is 31.6 Å². The zero-order chi connectivity index (χ0) is 11.4. The van der Waals surface area contributed by atoms with Crippen LogP contribution in [0.15, 0.2) is 24.4 Å². The molecule has 1 aromatic rings. The van der Waals surface area contributed by atoms with Crippen LogP contribution < -0.4 is 0 Å². The number of carbonyl (C=O) groups excluding carboxylic acids is 1. The molecule has 4 nitrogen and oxygen atoms in total. The molecule has 0 bridgehead atoms. The van der Waals surface area contributed by atoms with E-state index in [4.69, 9.17) is 4.74 Å². The van der Waals surface area contributed by atoms with Gasteiger partial charge in [-0.2, -0.15) is 0 Å². The highest BCUT2D eigenvalue weighted by Crippen LogP contribution is 2.24. The summed E-state index contributed by atoms with van der Waals surface area (Å²) in [5.74, 6) is -0.222. The maximum atomic E-state index is 11.8. The summed E-state index contributed by atoms with van der Waals surface area (Å²) in [6.07, 6.45) is 3.99. The molecule has 0 N–H and O–H groups in total. The van der Waals surface area contributed by atoms with Crippen LogP contribution in [-0.4, -0.2) is 36.1 Å². The second-order valence-electron chi connectivity index (χ2n) is 3.92. The van der Waals surface area contributed by atoms with Crippen LogP contribution in [0, 0.1) is 0 Å². The van der Waals surface area contributed by atoms with Crippen molar-refractivity contribution in [2.24, 2.45) is 0 Å². The smallest absolute Gasteiger partial charge is 0.329 e. The number of hydrogen-bond donors (Lipinski definition) is 0. The Morgan fingerprint density at radius 1 is 1.44 bits per heavy atom. The summed E-state index contributed by atoms with van der Waals surface area (Å²) in [6.45, 7) is 1.88. The van der Waals surface area contributed by atoms with Crippen molar-refractivity contribution in [1.29, 1.82) is 0 Å². The van der Waals surface area contributed by atoms with E-state index in [1.54, 1.807) is 6.20 Å². The molecule has 1 unspecified atom stereocenters. The monoisotopic (exact) mass is 220 g/mol. The van der Waals surface area contributed by atoms with Crippen LogP contribution >= 0.6 is 0 Å². The number of pyridine rings is 1. The normalized spacial score (nSPS) is 18.3. The molecule has 0 aliphatic carbocycles. The van der Waals surface area contributed by atoms with Crippen LogP contribution in [0.25, 0.3) is 0 Å². The van der Waals surface area contributed by atoms with Gasteiger partial charge in [0, 0.05) is 6.20 Å². The maximum Gasteiger partial charge on any atom is 0.329 e. The predicted molar refractivity (Wildman–Crippen MR) is 59.8 cm³/mol. The first-order valence-electron chi connectivity index (χ1n) is 5.55. The second-order valence-corrected chi connectivity index (χ2v) is 3.92. The molecule has 1 fully saturated rings. The van der Waals surface area contributed by atoms with Crippen molar-refractivity contribution in [2.45, 2.75) is 18.9 Å². The fraction of sp³-hybridized carbons (Fsp3) is 0.500. The standard InChI is InChI=1S/C12H16N2O2/c1-16-12(15)11(14-8-4-5-9-14)10-6-2-3-7-13-10/h2-3,6-7,11H,4-5,8-9H2,1H3. The van der Waals surface area contributed by atoms with Crippen LogP contribution in [-0.2, 0) is 9.53 Å². The van der Waals surface area contributed by atoms with Gasteiger partial charge in [-0.3, -0.25) is 9.88 Å². The number of ether oxygens (including phenoxy) is 1. The number of likely N-dealkylation sites (tertiary alicyclic amines) is 1. The van der Waals surface area contributed by atoms with Crippen LogP contribution in [0.4, 0.5) is 0 Å². The third-order valence-electron chi connectivity index (χ3n) is 2.90. The first kappa shape index (κ1) is 11.1. The molecule has 1 aliphatic heterocycles. The maximum absolute atomic E-state index is 11.8. The molecule has 2 rings (SSSR count). The topological polar surface area (TPSA) is 42.4 Å². The van der Waals surface area contributed by atoms with E-state index in [-0.39, 0.29) is 12.0 Å². The Hall–Kier alpha value is -1.42. The molecule has 4 heteroatoms. The molecule has 16 heavy (non-hydrogen) atoms. The van der Waals surface area contributed by atoms with E-state index in [1.807, 2.05) is 18.2 Å². The molecule has 1 aliphatic rings. The molecule has 0 saturated carbocycles. The van der Waals surface area contributed by atoms with Crippen molar-refractivity contribution in [3.63, 3.8) is 0 Å². The molecule has 1 aromatic heterocycles. The van der Waals surface area contributed by atoms with Crippen LogP contribution in [0.5, 0.6) is 0 Å². The quantitative estimate of drug-likeness (QED) is 0.722. The van der Waals surface area contributed by atoms with E-state index >= 15 is 0 Å². The number of hydrogen-bond acceptors (Lipinski definition) is 4. The van der Waals surface area contributed by atoms with Gasteiger partial charge in [-0.25, -0.2) is 4.79 Å². The van der Waals surface area contributed by atoms with Crippen molar-refractivity contribution in [1.82, 2.24) is 9.88 Å². The van der Waals surface area contributed by atoms with Gasteiger partial charge in [0.05, 0.1) is 12.8 Å². The molecule has 0 radical (unpaired) electrons. The Balaban J connectivity index is 2.24. The number of nitrogens with zero attached hydrogens (tertiary/aromatic N) is 2.